The van der Waals surface area contributed by atoms with E-state index in [4.69, 9.17) is 14.8 Å². The van der Waals surface area contributed by atoms with Gasteiger partial charge >= 0.3 is 5.97 Å². The first kappa shape index (κ1) is 23.7. The minimum absolute atomic E-state index is 0.173. The standard InChI is InChI=1S/C26H24BrN3O4/c1-30(2)14-16-6-9-19(10-7-16)28-25(17-4-3-5-20(12-17)34-15-23(31)32)24-21-11-8-18(27)13-22(21)29-26(24)33/h3-13,24H,14-15H2,1-2H3,(H,29,33)(H,31,32). The maximum Gasteiger partial charge on any atom is 0.341 e. The highest BCUT2D eigenvalue weighted by molar-refractivity contribution is 9.10. The molecule has 34 heavy (non-hydrogen) atoms. The number of carbonyl (C=O) groups is 2. The topological polar surface area (TPSA) is 91.2 Å². The van der Waals surface area contributed by atoms with Gasteiger partial charge in [-0.25, -0.2) is 4.79 Å². The molecule has 0 fully saturated rings. The molecule has 0 saturated carbocycles. The third-order valence-electron chi connectivity index (χ3n) is 5.30. The maximum absolute atomic E-state index is 13.1. The fraction of sp³-hybridized carbons (Fsp3) is 0.192. The number of carbonyl (C=O) groups excluding carboxylic acids is 1. The number of halogens is 1. The van der Waals surface area contributed by atoms with E-state index < -0.39 is 18.5 Å². The van der Waals surface area contributed by atoms with Crippen molar-refractivity contribution in [2.24, 2.45) is 4.99 Å². The Hall–Kier alpha value is -3.49. The lowest BCUT2D eigenvalue weighted by Gasteiger charge is -2.15. The summed E-state index contributed by atoms with van der Waals surface area (Å²) in [5.41, 5.74) is 4.66. The molecule has 3 aromatic rings. The van der Waals surface area contributed by atoms with E-state index in [1.165, 1.54) is 0 Å². The van der Waals surface area contributed by atoms with Gasteiger partial charge in [-0.15, -0.1) is 0 Å². The minimum atomic E-state index is -1.06. The van der Waals surface area contributed by atoms with Gasteiger partial charge in [0.25, 0.3) is 0 Å². The molecule has 0 saturated heterocycles. The summed E-state index contributed by atoms with van der Waals surface area (Å²) in [7, 11) is 4.02. The molecule has 1 aliphatic rings. The highest BCUT2D eigenvalue weighted by atomic mass is 79.9. The van der Waals surface area contributed by atoms with Crippen LogP contribution >= 0.6 is 15.9 Å². The van der Waals surface area contributed by atoms with E-state index in [9.17, 15) is 9.59 Å². The van der Waals surface area contributed by atoms with Crippen molar-refractivity contribution in [2.45, 2.75) is 12.5 Å². The van der Waals surface area contributed by atoms with Crippen LogP contribution in [0.4, 0.5) is 11.4 Å². The molecular weight excluding hydrogens is 498 g/mol. The fourth-order valence-corrected chi connectivity index (χ4v) is 4.23. The average molecular weight is 522 g/mol. The zero-order chi connectivity index (χ0) is 24.2. The first-order chi connectivity index (χ1) is 16.3. The van der Waals surface area contributed by atoms with Gasteiger partial charge in [-0.05, 0) is 61.6 Å². The molecule has 4 rings (SSSR count). The maximum atomic E-state index is 13.1. The van der Waals surface area contributed by atoms with Crippen LogP contribution in [-0.2, 0) is 16.1 Å². The molecule has 0 aromatic heterocycles. The van der Waals surface area contributed by atoms with E-state index >= 15 is 0 Å². The van der Waals surface area contributed by atoms with Crippen molar-refractivity contribution < 1.29 is 19.4 Å². The van der Waals surface area contributed by atoms with Crippen LogP contribution in [-0.4, -0.2) is 48.3 Å². The van der Waals surface area contributed by atoms with Crippen LogP contribution in [0.2, 0.25) is 0 Å². The number of nitrogens with zero attached hydrogens (tertiary/aromatic N) is 2. The largest absolute Gasteiger partial charge is 0.482 e. The summed E-state index contributed by atoms with van der Waals surface area (Å²) in [4.78, 5) is 31.0. The van der Waals surface area contributed by atoms with E-state index in [0.29, 0.717) is 22.7 Å². The molecule has 7 nitrogen and oxygen atoms in total. The number of rotatable bonds is 8. The molecule has 1 heterocycles. The Morgan fingerprint density at radius 1 is 1.12 bits per heavy atom. The van der Waals surface area contributed by atoms with Crippen LogP contribution in [0, 0.1) is 0 Å². The molecular formula is C26H24BrN3O4. The number of ether oxygens (including phenoxy) is 1. The van der Waals surface area contributed by atoms with Crippen molar-refractivity contribution in [3.8, 4) is 5.75 Å². The van der Waals surface area contributed by atoms with Gasteiger partial charge in [0.1, 0.15) is 11.7 Å². The first-order valence-electron chi connectivity index (χ1n) is 10.7. The number of nitrogens with one attached hydrogen (secondary N) is 1. The summed E-state index contributed by atoms with van der Waals surface area (Å²) in [6.07, 6.45) is 0. The summed E-state index contributed by atoms with van der Waals surface area (Å²) < 4.78 is 6.24. The normalized spacial score (nSPS) is 15.2. The van der Waals surface area contributed by atoms with Gasteiger partial charge in [0.15, 0.2) is 6.61 Å². The van der Waals surface area contributed by atoms with Crippen LogP contribution in [0.1, 0.15) is 22.6 Å². The Kier molecular flexibility index (Phi) is 7.09. The SMILES string of the molecule is CN(C)Cc1ccc(N=C(c2cccc(OCC(=O)O)c2)C2C(=O)Nc3cc(Br)ccc32)cc1. The van der Waals surface area contributed by atoms with Crippen molar-refractivity contribution >= 4 is 44.9 Å². The Bertz CT molecular complexity index is 1260. The van der Waals surface area contributed by atoms with Crippen molar-refractivity contribution in [3.63, 3.8) is 0 Å². The number of aliphatic imine (C=N–C) groups is 1. The molecule has 174 valence electrons. The summed E-state index contributed by atoms with van der Waals surface area (Å²) in [6.45, 7) is 0.358. The Balaban J connectivity index is 1.78. The summed E-state index contributed by atoms with van der Waals surface area (Å²) in [5, 5.41) is 11.9. The van der Waals surface area contributed by atoms with Gasteiger partial charge in [0.2, 0.25) is 5.91 Å². The van der Waals surface area contributed by atoms with Crippen molar-refractivity contribution in [1.82, 2.24) is 4.90 Å². The van der Waals surface area contributed by atoms with Crippen LogP contribution in [0.25, 0.3) is 0 Å². The van der Waals surface area contributed by atoms with E-state index in [1.807, 2.05) is 62.6 Å². The predicted octanol–water partition coefficient (Wildman–Crippen LogP) is 4.83. The number of hydrogen-bond acceptors (Lipinski definition) is 5. The van der Waals surface area contributed by atoms with Gasteiger partial charge in [-0.1, -0.05) is 46.3 Å². The third kappa shape index (κ3) is 5.52. The molecule has 8 heteroatoms. The molecule has 1 atom stereocenters. The molecule has 0 radical (unpaired) electrons. The van der Waals surface area contributed by atoms with Gasteiger partial charge in [0, 0.05) is 22.3 Å². The number of aliphatic carboxylic acids is 1. The molecule has 0 aliphatic carbocycles. The van der Waals surface area contributed by atoms with E-state index in [1.54, 1.807) is 18.2 Å². The van der Waals surface area contributed by atoms with Crippen LogP contribution in [0.5, 0.6) is 5.75 Å². The van der Waals surface area contributed by atoms with Gasteiger partial charge in [-0.2, -0.15) is 0 Å². The molecule has 1 amide bonds. The van der Waals surface area contributed by atoms with Crippen LogP contribution < -0.4 is 10.1 Å². The lowest BCUT2D eigenvalue weighted by atomic mass is 9.90. The number of fused-ring (bicyclic) bond motifs is 1. The van der Waals surface area contributed by atoms with Crippen molar-refractivity contribution in [1.29, 1.82) is 0 Å². The summed E-state index contributed by atoms with van der Waals surface area (Å²) in [5.74, 6) is -1.47. The van der Waals surface area contributed by atoms with Crippen molar-refractivity contribution in [2.75, 3.05) is 26.0 Å². The molecule has 0 spiro atoms. The Morgan fingerprint density at radius 2 is 1.88 bits per heavy atom. The highest BCUT2D eigenvalue weighted by Gasteiger charge is 2.35. The second-order valence-corrected chi connectivity index (χ2v) is 9.18. The number of anilines is 1. The van der Waals surface area contributed by atoms with E-state index in [2.05, 4.69) is 26.1 Å². The van der Waals surface area contributed by atoms with Crippen LogP contribution in [0.3, 0.4) is 0 Å². The van der Waals surface area contributed by atoms with Gasteiger partial charge in [-0.3, -0.25) is 9.79 Å². The van der Waals surface area contributed by atoms with Crippen LogP contribution in [0.15, 0.2) is 76.2 Å². The summed E-state index contributed by atoms with van der Waals surface area (Å²) in [6, 6.07) is 20.6. The minimum Gasteiger partial charge on any atom is -0.482 e. The Morgan fingerprint density at radius 3 is 2.59 bits per heavy atom. The van der Waals surface area contributed by atoms with Gasteiger partial charge in [0.05, 0.1) is 11.4 Å². The quantitative estimate of drug-likeness (QED) is 0.414. The Labute approximate surface area is 206 Å². The lowest BCUT2D eigenvalue weighted by Crippen LogP contribution is -2.22. The molecule has 3 aromatic carbocycles. The zero-order valence-electron chi connectivity index (χ0n) is 18.8. The highest BCUT2D eigenvalue weighted by Crippen LogP contribution is 2.38. The number of benzene rings is 3. The van der Waals surface area contributed by atoms with E-state index in [-0.39, 0.29) is 5.91 Å². The predicted molar refractivity (Wildman–Crippen MR) is 135 cm³/mol. The molecule has 0 bridgehead atoms. The lowest BCUT2D eigenvalue weighted by molar-refractivity contribution is -0.139. The summed E-state index contributed by atoms with van der Waals surface area (Å²) >= 11 is 3.45. The first-order valence-corrected chi connectivity index (χ1v) is 11.5. The molecule has 1 aliphatic heterocycles. The molecule has 2 N–H and O–H groups in total. The number of carboxylic acids is 1. The monoisotopic (exact) mass is 521 g/mol. The zero-order valence-corrected chi connectivity index (χ0v) is 20.4. The fourth-order valence-electron chi connectivity index (χ4n) is 3.87. The number of amides is 1. The second kappa shape index (κ2) is 10.2. The average Bonchev–Trinajstić information content (AvgIpc) is 3.11. The van der Waals surface area contributed by atoms with Crippen molar-refractivity contribution in [3.05, 3.63) is 87.9 Å². The number of carboxylic acid groups (broad SMARTS) is 1. The smallest absolute Gasteiger partial charge is 0.341 e. The van der Waals surface area contributed by atoms with E-state index in [0.717, 1.165) is 27.8 Å². The van der Waals surface area contributed by atoms with Gasteiger partial charge < -0.3 is 20.1 Å². The second-order valence-electron chi connectivity index (χ2n) is 8.27. The third-order valence-corrected chi connectivity index (χ3v) is 5.79. The number of hydrogen-bond donors (Lipinski definition) is 2. The molecule has 1 unspecified atom stereocenters.